The van der Waals surface area contributed by atoms with Crippen molar-refractivity contribution < 1.29 is 9.59 Å². The Balaban J connectivity index is 1.87. The Bertz CT molecular complexity index is 686. The highest BCUT2D eigenvalue weighted by Gasteiger charge is 2.42. The summed E-state index contributed by atoms with van der Waals surface area (Å²) in [6.45, 7) is 6.54. The van der Waals surface area contributed by atoms with Crippen LogP contribution >= 0.6 is 11.6 Å². The summed E-state index contributed by atoms with van der Waals surface area (Å²) in [5.74, 6) is 0.829. The van der Waals surface area contributed by atoms with Gasteiger partial charge in [-0.1, -0.05) is 30.9 Å². The minimum absolute atomic E-state index is 0.0602. The molecule has 3 unspecified atom stereocenters. The molecule has 1 N–H and O–H groups in total. The number of piperidine rings is 1. The number of amides is 2. The number of hydrogen-bond acceptors (Lipinski definition) is 3. The molecule has 1 aromatic heterocycles. The van der Waals surface area contributed by atoms with Gasteiger partial charge < -0.3 is 10.2 Å². The van der Waals surface area contributed by atoms with E-state index < -0.39 is 6.04 Å². The molecule has 1 aliphatic carbocycles. The maximum absolute atomic E-state index is 13.2. The molecule has 1 saturated carbocycles. The zero-order valence-electron chi connectivity index (χ0n) is 15.8. The molecule has 2 heterocycles. The fourth-order valence-corrected chi connectivity index (χ4v) is 4.43. The molecular weight excluding hydrogens is 350 g/mol. The molecule has 0 aromatic carbocycles. The largest absolute Gasteiger partial charge is 0.350 e. The number of halogens is 1. The Morgan fingerprint density at radius 2 is 1.92 bits per heavy atom. The number of hydrogen-bond donors (Lipinski definition) is 1. The van der Waals surface area contributed by atoms with E-state index in [9.17, 15) is 9.59 Å². The van der Waals surface area contributed by atoms with Gasteiger partial charge in [-0.3, -0.25) is 9.59 Å². The van der Waals surface area contributed by atoms with Gasteiger partial charge in [-0.2, -0.15) is 0 Å². The van der Waals surface area contributed by atoms with Crippen molar-refractivity contribution in [2.24, 2.45) is 11.8 Å². The SMILES string of the molecule is CC(C)(C)NC(=O)C1CC2CCCCC2CN1C(=O)c1ccnc(Cl)c1. The molecule has 26 heavy (non-hydrogen) atoms. The van der Waals surface area contributed by atoms with Crippen LogP contribution in [-0.4, -0.2) is 39.8 Å². The first kappa shape index (κ1) is 19.2. The molecule has 6 heteroatoms. The van der Waals surface area contributed by atoms with Crippen molar-refractivity contribution in [3.63, 3.8) is 0 Å². The minimum Gasteiger partial charge on any atom is -0.350 e. The highest BCUT2D eigenvalue weighted by Crippen LogP contribution is 2.39. The molecule has 3 rings (SSSR count). The Kier molecular flexibility index (Phi) is 5.56. The summed E-state index contributed by atoms with van der Waals surface area (Å²) in [4.78, 5) is 31.8. The maximum atomic E-state index is 13.2. The van der Waals surface area contributed by atoms with Crippen LogP contribution in [-0.2, 0) is 4.79 Å². The third-order valence-corrected chi connectivity index (χ3v) is 5.64. The van der Waals surface area contributed by atoms with Gasteiger partial charge in [0.25, 0.3) is 5.91 Å². The van der Waals surface area contributed by atoms with E-state index in [0.717, 1.165) is 19.3 Å². The quantitative estimate of drug-likeness (QED) is 0.800. The first-order valence-corrected chi connectivity index (χ1v) is 9.87. The van der Waals surface area contributed by atoms with E-state index in [0.29, 0.717) is 29.1 Å². The summed E-state index contributed by atoms with van der Waals surface area (Å²) in [5, 5.41) is 3.35. The normalized spacial score (nSPS) is 26.2. The lowest BCUT2D eigenvalue weighted by molar-refractivity contribution is -0.130. The van der Waals surface area contributed by atoms with E-state index in [-0.39, 0.29) is 17.4 Å². The van der Waals surface area contributed by atoms with Gasteiger partial charge in [0.15, 0.2) is 0 Å². The van der Waals surface area contributed by atoms with Gasteiger partial charge in [-0.05, 0) is 57.6 Å². The summed E-state index contributed by atoms with van der Waals surface area (Å²) >= 11 is 5.96. The van der Waals surface area contributed by atoms with Crippen LogP contribution in [0.15, 0.2) is 18.3 Å². The summed E-state index contributed by atoms with van der Waals surface area (Å²) in [7, 11) is 0. The molecule has 0 radical (unpaired) electrons. The monoisotopic (exact) mass is 377 g/mol. The fraction of sp³-hybridized carbons (Fsp3) is 0.650. The zero-order chi connectivity index (χ0) is 18.9. The number of fused-ring (bicyclic) bond motifs is 1. The summed E-state index contributed by atoms with van der Waals surface area (Å²) < 4.78 is 0. The van der Waals surface area contributed by atoms with Crippen LogP contribution in [0.25, 0.3) is 0 Å². The van der Waals surface area contributed by atoms with Gasteiger partial charge in [-0.25, -0.2) is 4.98 Å². The summed E-state index contributed by atoms with van der Waals surface area (Å²) in [5.41, 5.74) is 0.169. The second-order valence-electron chi connectivity index (χ2n) is 8.62. The molecule has 142 valence electrons. The first-order valence-electron chi connectivity index (χ1n) is 9.49. The van der Waals surface area contributed by atoms with Crippen LogP contribution in [0, 0.1) is 11.8 Å². The Hall–Kier alpha value is -1.62. The lowest BCUT2D eigenvalue weighted by Crippen LogP contribution is -2.59. The molecule has 2 amide bonds. The van der Waals surface area contributed by atoms with E-state index >= 15 is 0 Å². The number of likely N-dealkylation sites (tertiary alicyclic amines) is 1. The van der Waals surface area contributed by atoms with E-state index in [1.54, 1.807) is 17.0 Å². The average molecular weight is 378 g/mol. The number of carbonyl (C=O) groups excluding carboxylic acids is 2. The maximum Gasteiger partial charge on any atom is 0.254 e. The van der Waals surface area contributed by atoms with Crippen LogP contribution in [0.4, 0.5) is 0 Å². The van der Waals surface area contributed by atoms with Crippen LogP contribution < -0.4 is 5.32 Å². The lowest BCUT2D eigenvalue weighted by atomic mass is 9.72. The Morgan fingerprint density at radius 3 is 2.58 bits per heavy atom. The van der Waals surface area contributed by atoms with Gasteiger partial charge in [0.05, 0.1) is 0 Å². The van der Waals surface area contributed by atoms with Gasteiger partial charge in [0.1, 0.15) is 11.2 Å². The van der Waals surface area contributed by atoms with E-state index in [4.69, 9.17) is 11.6 Å². The number of nitrogens with zero attached hydrogens (tertiary/aromatic N) is 2. The second kappa shape index (κ2) is 7.55. The van der Waals surface area contributed by atoms with Crippen molar-refractivity contribution in [2.45, 2.75) is 64.5 Å². The minimum atomic E-state index is -0.423. The highest BCUT2D eigenvalue weighted by molar-refractivity contribution is 6.29. The number of pyridine rings is 1. The van der Waals surface area contributed by atoms with Gasteiger partial charge in [-0.15, -0.1) is 0 Å². The van der Waals surface area contributed by atoms with E-state index in [1.165, 1.54) is 19.0 Å². The molecule has 1 aromatic rings. The van der Waals surface area contributed by atoms with Gasteiger partial charge >= 0.3 is 0 Å². The number of nitrogens with one attached hydrogen (secondary N) is 1. The smallest absolute Gasteiger partial charge is 0.254 e. The zero-order valence-corrected chi connectivity index (χ0v) is 16.6. The van der Waals surface area contributed by atoms with Gasteiger partial charge in [0, 0.05) is 23.8 Å². The predicted molar refractivity (Wildman–Crippen MR) is 102 cm³/mol. The van der Waals surface area contributed by atoms with E-state index in [1.807, 2.05) is 20.8 Å². The summed E-state index contributed by atoms with van der Waals surface area (Å²) in [6, 6.07) is 2.82. The molecule has 0 bridgehead atoms. The predicted octanol–water partition coefficient (Wildman–Crippen LogP) is 3.67. The highest BCUT2D eigenvalue weighted by atomic mass is 35.5. The first-order chi connectivity index (χ1) is 12.2. The Labute approximate surface area is 160 Å². The van der Waals surface area contributed by atoms with Crippen LogP contribution in [0.2, 0.25) is 5.15 Å². The molecule has 3 atom stereocenters. The lowest BCUT2D eigenvalue weighted by Gasteiger charge is -2.46. The topological polar surface area (TPSA) is 62.3 Å². The van der Waals surface area contributed by atoms with Crippen LogP contribution in [0.5, 0.6) is 0 Å². The van der Waals surface area contributed by atoms with Crippen molar-refractivity contribution >= 4 is 23.4 Å². The van der Waals surface area contributed by atoms with Crippen LogP contribution in [0.3, 0.4) is 0 Å². The average Bonchev–Trinajstić information content (AvgIpc) is 2.58. The molecule has 5 nitrogen and oxygen atoms in total. The third-order valence-electron chi connectivity index (χ3n) is 5.44. The molecular formula is C20H28ClN3O2. The molecule has 2 fully saturated rings. The number of aromatic nitrogens is 1. The number of carbonyl (C=O) groups is 2. The van der Waals surface area contributed by atoms with Crippen molar-refractivity contribution in [3.05, 3.63) is 29.0 Å². The molecule has 1 saturated heterocycles. The molecule has 0 spiro atoms. The van der Waals surface area contributed by atoms with Crippen LogP contribution in [0.1, 0.15) is 63.2 Å². The van der Waals surface area contributed by atoms with E-state index in [2.05, 4.69) is 10.3 Å². The van der Waals surface area contributed by atoms with Crippen molar-refractivity contribution in [1.82, 2.24) is 15.2 Å². The van der Waals surface area contributed by atoms with Gasteiger partial charge in [0.2, 0.25) is 5.91 Å². The molecule has 2 aliphatic rings. The third kappa shape index (κ3) is 4.37. The second-order valence-corrected chi connectivity index (χ2v) is 9.01. The van der Waals surface area contributed by atoms with Crippen molar-refractivity contribution in [2.75, 3.05) is 6.54 Å². The van der Waals surface area contributed by atoms with Crippen molar-refractivity contribution in [1.29, 1.82) is 0 Å². The molecule has 1 aliphatic heterocycles. The number of rotatable bonds is 2. The van der Waals surface area contributed by atoms with Crippen molar-refractivity contribution in [3.8, 4) is 0 Å². The fourth-order valence-electron chi connectivity index (χ4n) is 4.26. The standard InChI is InChI=1S/C20H28ClN3O2/c1-20(2,3)23-18(25)16-10-13-6-4-5-7-15(13)12-24(16)19(26)14-8-9-22-17(21)11-14/h8-9,11,13,15-16H,4-7,10,12H2,1-3H3,(H,23,25). The Morgan fingerprint density at radius 1 is 1.23 bits per heavy atom. The summed E-state index contributed by atoms with van der Waals surface area (Å²) in [6.07, 6.45) is 7.02.